The number of H-pyrrole nitrogens is 1. The number of hydrogen-bond donors (Lipinski definition) is 2. The average Bonchev–Trinajstić information content (AvgIpc) is 2.95. The number of halogens is 1. The number of nitrogens with one attached hydrogen (secondary N) is 2. The van der Waals surface area contributed by atoms with E-state index in [1.807, 2.05) is 6.20 Å². The second kappa shape index (κ2) is 3.90. The van der Waals surface area contributed by atoms with E-state index in [0.717, 1.165) is 22.2 Å². The van der Waals surface area contributed by atoms with Crippen LogP contribution in [0, 0.1) is 0 Å². The molecule has 1 fully saturated rings. The zero-order valence-corrected chi connectivity index (χ0v) is 11.4. The zero-order chi connectivity index (χ0) is 12.1. The van der Waals surface area contributed by atoms with Crippen molar-refractivity contribution in [2.45, 2.75) is 31.3 Å². The fourth-order valence-corrected chi connectivity index (χ4v) is 3.50. The average molecular weight is 305 g/mol. The molecule has 4 heterocycles. The first kappa shape index (κ1) is 10.7. The molecule has 0 amide bonds. The van der Waals surface area contributed by atoms with E-state index in [9.17, 15) is 0 Å². The monoisotopic (exact) mass is 304 g/mol. The van der Waals surface area contributed by atoms with Gasteiger partial charge in [0.25, 0.3) is 0 Å². The van der Waals surface area contributed by atoms with E-state index in [0.29, 0.717) is 12.1 Å². The van der Waals surface area contributed by atoms with E-state index in [1.165, 1.54) is 24.1 Å². The number of hydrogen-bond acceptors (Lipinski definition) is 3. The highest BCUT2D eigenvalue weighted by Crippen LogP contribution is 2.40. The Hall–Kier alpha value is -1.20. The first-order chi connectivity index (χ1) is 8.81. The summed E-state index contributed by atoms with van der Waals surface area (Å²) >= 11 is 3.47. The van der Waals surface area contributed by atoms with E-state index < -0.39 is 0 Å². The van der Waals surface area contributed by atoms with Crippen LogP contribution in [0.2, 0.25) is 0 Å². The van der Waals surface area contributed by atoms with Gasteiger partial charge in [-0.15, -0.1) is 0 Å². The highest BCUT2D eigenvalue weighted by Gasteiger charge is 2.35. The molecule has 0 aliphatic carbocycles. The first-order valence-corrected chi connectivity index (χ1v) is 7.04. The maximum absolute atomic E-state index is 4.50. The number of pyridine rings is 1. The normalized spacial score (nSPS) is 25.2. The molecular weight excluding hydrogens is 292 g/mol. The minimum absolute atomic E-state index is 0.464. The fourth-order valence-electron chi connectivity index (χ4n) is 3.13. The van der Waals surface area contributed by atoms with Gasteiger partial charge in [0.1, 0.15) is 0 Å². The molecule has 0 spiro atoms. The predicted molar refractivity (Wildman–Crippen MR) is 72.1 cm³/mol. The summed E-state index contributed by atoms with van der Waals surface area (Å²) in [7, 11) is 0. The molecule has 0 saturated carbocycles. The lowest BCUT2D eigenvalue weighted by atomic mass is 9.97. The molecule has 4 rings (SSSR count). The fraction of sp³-hybridized carbons (Fsp3) is 0.385. The molecule has 2 bridgehead atoms. The summed E-state index contributed by atoms with van der Waals surface area (Å²) in [6, 6.07) is 3.17. The van der Waals surface area contributed by atoms with Crippen LogP contribution in [0.4, 0.5) is 0 Å². The zero-order valence-electron chi connectivity index (χ0n) is 9.78. The maximum Gasteiger partial charge on any atom is 0.0987 e. The Balaban J connectivity index is 1.86. The quantitative estimate of drug-likeness (QED) is 0.851. The van der Waals surface area contributed by atoms with Gasteiger partial charge >= 0.3 is 0 Å². The van der Waals surface area contributed by atoms with E-state index in [2.05, 4.69) is 42.5 Å². The van der Waals surface area contributed by atoms with Crippen LogP contribution < -0.4 is 5.32 Å². The molecule has 18 heavy (non-hydrogen) atoms. The number of aromatic amines is 1. The Bertz CT molecular complexity index is 607. The van der Waals surface area contributed by atoms with Crippen LogP contribution >= 0.6 is 15.9 Å². The van der Waals surface area contributed by atoms with Crippen molar-refractivity contribution in [3.05, 3.63) is 34.2 Å². The minimum Gasteiger partial charge on any atom is -0.307 e. The SMILES string of the molecule is Brc1cncc(-c2n[nH]c3c2[C@H]2CC[C@H](C3)N2)c1. The molecule has 92 valence electrons. The lowest BCUT2D eigenvalue weighted by Gasteiger charge is -2.21. The summed E-state index contributed by atoms with van der Waals surface area (Å²) in [4.78, 5) is 4.23. The second-order valence-electron chi connectivity index (χ2n) is 5.05. The predicted octanol–water partition coefficient (Wildman–Crippen LogP) is 2.58. The van der Waals surface area contributed by atoms with E-state index in [-0.39, 0.29) is 0 Å². The maximum atomic E-state index is 4.50. The van der Waals surface area contributed by atoms with Gasteiger partial charge in [0.2, 0.25) is 0 Å². The Morgan fingerprint density at radius 2 is 2.22 bits per heavy atom. The molecular formula is C13H13BrN4. The number of nitrogens with zero attached hydrogens (tertiary/aromatic N) is 2. The lowest BCUT2D eigenvalue weighted by Crippen LogP contribution is -2.31. The molecule has 0 radical (unpaired) electrons. The van der Waals surface area contributed by atoms with Crippen molar-refractivity contribution in [2.75, 3.05) is 0 Å². The minimum atomic E-state index is 0.464. The largest absolute Gasteiger partial charge is 0.307 e. The third-order valence-corrected chi connectivity index (χ3v) is 4.33. The van der Waals surface area contributed by atoms with Gasteiger partial charge < -0.3 is 5.32 Å². The van der Waals surface area contributed by atoms with Crippen LogP contribution in [0.15, 0.2) is 22.9 Å². The molecule has 1 saturated heterocycles. The third kappa shape index (κ3) is 1.54. The summed E-state index contributed by atoms with van der Waals surface area (Å²) in [6.45, 7) is 0. The topological polar surface area (TPSA) is 53.6 Å². The molecule has 2 aliphatic rings. The van der Waals surface area contributed by atoms with Crippen molar-refractivity contribution in [3.8, 4) is 11.3 Å². The highest BCUT2D eigenvalue weighted by atomic mass is 79.9. The summed E-state index contributed by atoms with van der Waals surface area (Å²) in [6.07, 6.45) is 7.23. The van der Waals surface area contributed by atoms with E-state index in [1.54, 1.807) is 6.20 Å². The van der Waals surface area contributed by atoms with Gasteiger partial charge in [-0.1, -0.05) is 0 Å². The smallest absolute Gasteiger partial charge is 0.0987 e. The molecule has 0 unspecified atom stereocenters. The number of aromatic nitrogens is 3. The Kier molecular flexibility index (Phi) is 2.32. The van der Waals surface area contributed by atoms with Crippen LogP contribution in [0.3, 0.4) is 0 Å². The first-order valence-electron chi connectivity index (χ1n) is 6.25. The Morgan fingerprint density at radius 3 is 3.11 bits per heavy atom. The summed E-state index contributed by atoms with van der Waals surface area (Å²) in [5.74, 6) is 0. The van der Waals surface area contributed by atoms with Crippen molar-refractivity contribution in [1.29, 1.82) is 0 Å². The second-order valence-corrected chi connectivity index (χ2v) is 5.97. The van der Waals surface area contributed by atoms with E-state index >= 15 is 0 Å². The van der Waals surface area contributed by atoms with Crippen molar-refractivity contribution >= 4 is 15.9 Å². The van der Waals surface area contributed by atoms with Gasteiger partial charge in [-0.25, -0.2) is 0 Å². The van der Waals surface area contributed by atoms with E-state index in [4.69, 9.17) is 0 Å². The highest BCUT2D eigenvalue weighted by molar-refractivity contribution is 9.10. The molecule has 0 aromatic carbocycles. The molecule has 2 atom stereocenters. The lowest BCUT2D eigenvalue weighted by molar-refractivity contribution is 0.511. The molecule has 2 aromatic heterocycles. The standard InChI is InChI=1S/C13H13BrN4/c14-8-3-7(5-15-6-8)13-12-10-2-1-9(16-10)4-11(12)17-18-13/h3,5-6,9-10,16H,1-2,4H2,(H,17,18)/t9-,10-/m1/s1. The van der Waals surface area contributed by atoms with Gasteiger partial charge in [0.15, 0.2) is 0 Å². The summed E-state index contributed by atoms with van der Waals surface area (Å²) in [5, 5.41) is 11.4. The molecule has 5 heteroatoms. The van der Waals surface area contributed by atoms with Gasteiger partial charge in [-0.05, 0) is 34.8 Å². The van der Waals surface area contributed by atoms with Crippen LogP contribution in [0.5, 0.6) is 0 Å². The van der Waals surface area contributed by atoms with Crippen molar-refractivity contribution in [2.24, 2.45) is 0 Å². The summed E-state index contributed by atoms with van der Waals surface area (Å²) < 4.78 is 0.991. The Labute approximate surface area is 113 Å². The van der Waals surface area contributed by atoms with Gasteiger partial charge in [-0.2, -0.15) is 5.10 Å². The summed E-state index contributed by atoms with van der Waals surface area (Å²) in [5.41, 5.74) is 4.78. The van der Waals surface area contributed by atoms with Crippen LogP contribution in [-0.4, -0.2) is 21.2 Å². The third-order valence-electron chi connectivity index (χ3n) is 3.90. The van der Waals surface area contributed by atoms with Crippen molar-refractivity contribution < 1.29 is 0 Å². The van der Waals surface area contributed by atoms with Crippen molar-refractivity contribution in [3.63, 3.8) is 0 Å². The molecule has 4 nitrogen and oxygen atoms in total. The van der Waals surface area contributed by atoms with Gasteiger partial charge in [0.05, 0.1) is 5.69 Å². The molecule has 2 N–H and O–H groups in total. The van der Waals surface area contributed by atoms with Crippen LogP contribution in [-0.2, 0) is 6.42 Å². The molecule has 2 aliphatic heterocycles. The number of rotatable bonds is 1. The molecule has 2 aromatic rings. The Morgan fingerprint density at radius 1 is 1.28 bits per heavy atom. The van der Waals surface area contributed by atoms with Crippen molar-refractivity contribution in [1.82, 2.24) is 20.5 Å². The van der Waals surface area contributed by atoms with Gasteiger partial charge in [0, 0.05) is 52.2 Å². The number of fused-ring (bicyclic) bond motifs is 4. The van der Waals surface area contributed by atoms with Gasteiger partial charge in [-0.3, -0.25) is 10.1 Å². The van der Waals surface area contributed by atoms with Crippen LogP contribution in [0.1, 0.15) is 30.1 Å². The van der Waals surface area contributed by atoms with Crippen LogP contribution in [0.25, 0.3) is 11.3 Å².